The van der Waals surface area contributed by atoms with Gasteiger partial charge in [0.2, 0.25) is 17.8 Å². The summed E-state index contributed by atoms with van der Waals surface area (Å²) in [6.07, 6.45) is 6.98. The van der Waals surface area contributed by atoms with Crippen LogP contribution in [0.4, 0.5) is 17.8 Å². The normalized spacial score (nSPS) is 23.6. The summed E-state index contributed by atoms with van der Waals surface area (Å²) >= 11 is 0. The zero-order valence-corrected chi connectivity index (χ0v) is 24.1. The highest BCUT2D eigenvalue weighted by atomic mass is 15.3. The average Bonchev–Trinajstić information content (AvgIpc) is 2.63. The van der Waals surface area contributed by atoms with Gasteiger partial charge in [0.15, 0.2) is 0 Å². The molecule has 0 atom stereocenters. The van der Waals surface area contributed by atoms with Crippen molar-refractivity contribution in [2.45, 2.75) is 116 Å². The lowest BCUT2D eigenvalue weighted by atomic mass is 9.75. The van der Waals surface area contributed by atoms with Gasteiger partial charge in [0, 0.05) is 49.3 Å². The van der Waals surface area contributed by atoms with E-state index in [1.807, 2.05) is 19.0 Å². The summed E-state index contributed by atoms with van der Waals surface area (Å²) in [7, 11) is 3.95. The number of hydrogen-bond acceptors (Lipinski definition) is 8. The quantitative estimate of drug-likeness (QED) is 0.399. The van der Waals surface area contributed by atoms with Crippen LogP contribution in [0.15, 0.2) is 0 Å². The van der Waals surface area contributed by atoms with Crippen molar-refractivity contribution in [3.05, 3.63) is 0 Å². The fourth-order valence-electron chi connectivity index (χ4n) is 6.97. The highest BCUT2D eigenvalue weighted by molar-refractivity contribution is 5.42. The summed E-state index contributed by atoms with van der Waals surface area (Å²) in [5.41, 5.74) is 0.697. The third-order valence-corrected chi connectivity index (χ3v) is 7.24. The zero-order valence-electron chi connectivity index (χ0n) is 24.1. The van der Waals surface area contributed by atoms with E-state index in [-0.39, 0.29) is 22.2 Å². The topological polar surface area (TPSA) is 90.0 Å². The summed E-state index contributed by atoms with van der Waals surface area (Å²) in [6.45, 7) is 20.2. The molecule has 2 aliphatic rings. The highest BCUT2D eigenvalue weighted by Gasteiger charge is 2.38. The van der Waals surface area contributed by atoms with Gasteiger partial charge in [-0.3, -0.25) is 0 Å². The van der Waals surface area contributed by atoms with E-state index in [9.17, 15) is 0 Å². The highest BCUT2D eigenvalue weighted by Crippen LogP contribution is 2.35. The number of nitrogens with one attached hydrogen (secondary N) is 4. The van der Waals surface area contributed by atoms with E-state index in [0.717, 1.165) is 25.9 Å². The van der Waals surface area contributed by atoms with Crippen LogP contribution >= 0.6 is 0 Å². The van der Waals surface area contributed by atoms with Gasteiger partial charge in [0.05, 0.1) is 0 Å². The van der Waals surface area contributed by atoms with Crippen molar-refractivity contribution in [3.63, 3.8) is 0 Å². The molecule has 35 heavy (non-hydrogen) atoms. The number of nitrogens with zero attached hydrogens (tertiary/aromatic N) is 4. The van der Waals surface area contributed by atoms with Crippen LogP contribution in [-0.4, -0.2) is 64.3 Å². The van der Waals surface area contributed by atoms with Gasteiger partial charge in [0.25, 0.3) is 0 Å². The SMILES string of the molecule is CN(C)c1nc(NCCC2CC(C)(C)NC(C)(C)C2)nc(NCCC2CC(C)(C)NC(C)(C)C2)n1. The van der Waals surface area contributed by atoms with Crippen molar-refractivity contribution in [2.75, 3.05) is 42.7 Å². The summed E-state index contributed by atoms with van der Waals surface area (Å²) in [4.78, 5) is 15.9. The predicted octanol–water partition coefficient (Wildman–Crippen LogP) is 4.66. The van der Waals surface area contributed by atoms with Crippen LogP contribution in [0.3, 0.4) is 0 Å². The standard InChI is InChI=1S/C27H52N8/c1-24(2)15-19(16-25(3,4)33-24)11-13-28-21-30-22(32-23(31-21)35(9)10)29-14-12-20-17-26(5,6)34-27(7,8)18-20/h19-20,33-34H,11-18H2,1-10H3,(H2,28,29,30,31,32). The van der Waals surface area contributed by atoms with Gasteiger partial charge in [-0.25, -0.2) is 0 Å². The number of rotatable bonds is 9. The summed E-state index contributed by atoms with van der Waals surface area (Å²) in [5, 5.41) is 14.5. The third-order valence-electron chi connectivity index (χ3n) is 7.24. The Labute approximate surface area is 214 Å². The molecule has 2 saturated heterocycles. The molecule has 0 radical (unpaired) electrons. The van der Waals surface area contributed by atoms with Gasteiger partial charge in [-0.1, -0.05) is 0 Å². The molecule has 0 saturated carbocycles. The van der Waals surface area contributed by atoms with Gasteiger partial charge in [-0.2, -0.15) is 15.0 Å². The first kappa shape index (κ1) is 27.9. The monoisotopic (exact) mass is 488 g/mol. The van der Waals surface area contributed by atoms with Gasteiger partial charge in [-0.05, 0) is 106 Å². The fourth-order valence-corrected chi connectivity index (χ4v) is 6.97. The van der Waals surface area contributed by atoms with Crippen molar-refractivity contribution >= 4 is 17.8 Å². The van der Waals surface area contributed by atoms with Gasteiger partial charge < -0.3 is 26.2 Å². The predicted molar refractivity (Wildman–Crippen MR) is 148 cm³/mol. The first-order chi connectivity index (χ1) is 16.0. The Balaban J connectivity index is 1.56. The molecule has 2 aliphatic heterocycles. The lowest BCUT2D eigenvalue weighted by Crippen LogP contribution is -2.57. The van der Waals surface area contributed by atoms with E-state index in [1.165, 1.54) is 25.7 Å². The van der Waals surface area contributed by atoms with Crippen LogP contribution in [-0.2, 0) is 0 Å². The Hall–Kier alpha value is -1.67. The molecule has 4 N–H and O–H groups in total. The second-order valence-electron chi connectivity index (χ2n) is 13.9. The summed E-state index contributed by atoms with van der Waals surface area (Å²) in [5.74, 6) is 3.35. The van der Waals surface area contributed by atoms with E-state index < -0.39 is 0 Å². The van der Waals surface area contributed by atoms with Gasteiger partial charge >= 0.3 is 0 Å². The first-order valence-corrected chi connectivity index (χ1v) is 13.5. The van der Waals surface area contributed by atoms with Crippen molar-refractivity contribution < 1.29 is 0 Å². The molecule has 200 valence electrons. The maximum absolute atomic E-state index is 4.70. The summed E-state index contributed by atoms with van der Waals surface area (Å²) < 4.78 is 0. The largest absolute Gasteiger partial charge is 0.354 e. The Bertz CT molecular complexity index is 751. The van der Waals surface area contributed by atoms with Gasteiger partial charge in [0.1, 0.15) is 0 Å². The molecular formula is C27H52N8. The Morgan fingerprint density at radius 2 is 1.00 bits per heavy atom. The third kappa shape index (κ3) is 8.74. The summed E-state index contributed by atoms with van der Waals surface area (Å²) in [6, 6.07) is 0. The number of piperidine rings is 2. The van der Waals surface area contributed by atoms with Crippen LogP contribution < -0.4 is 26.2 Å². The number of anilines is 3. The molecular weight excluding hydrogens is 436 g/mol. The molecule has 0 unspecified atom stereocenters. The minimum Gasteiger partial charge on any atom is -0.354 e. The van der Waals surface area contributed by atoms with E-state index in [4.69, 9.17) is 4.98 Å². The minimum atomic E-state index is 0.174. The molecule has 3 rings (SSSR count). The molecule has 0 aromatic carbocycles. The van der Waals surface area contributed by atoms with Crippen LogP contribution in [0.1, 0.15) is 93.9 Å². The Morgan fingerprint density at radius 1 is 0.657 bits per heavy atom. The van der Waals surface area contributed by atoms with Crippen LogP contribution in [0.25, 0.3) is 0 Å². The first-order valence-electron chi connectivity index (χ1n) is 13.5. The van der Waals surface area contributed by atoms with Crippen LogP contribution in [0, 0.1) is 11.8 Å². The smallest absolute Gasteiger partial charge is 0.231 e. The van der Waals surface area contributed by atoms with E-state index >= 15 is 0 Å². The molecule has 0 amide bonds. The second-order valence-corrected chi connectivity index (χ2v) is 13.9. The lowest BCUT2D eigenvalue weighted by molar-refractivity contribution is 0.125. The van der Waals surface area contributed by atoms with Gasteiger partial charge in [-0.15, -0.1) is 0 Å². The molecule has 1 aromatic heterocycles. The molecule has 3 heterocycles. The minimum absolute atomic E-state index is 0.174. The number of aromatic nitrogens is 3. The van der Waals surface area contributed by atoms with Crippen molar-refractivity contribution in [3.8, 4) is 0 Å². The molecule has 0 bridgehead atoms. The lowest BCUT2D eigenvalue weighted by Gasteiger charge is -2.46. The molecule has 1 aromatic rings. The Kier molecular flexibility index (Phi) is 8.27. The zero-order chi connectivity index (χ0) is 26.1. The second kappa shape index (κ2) is 10.4. The van der Waals surface area contributed by atoms with Crippen molar-refractivity contribution in [1.29, 1.82) is 0 Å². The maximum atomic E-state index is 4.70. The number of hydrogen-bond donors (Lipinski definition) is 4. The Morgan fingerprint density at radius 3 is 1.31 bits per heavy atom. The molecule has 8 heteroatoms. The van der Waals surface area contributed by atoms with Crippen LogP contribution in [0.5, 0.6) is 0 Å². The van der Waals surface area contributed by atoms with E-state index in [2.05, 4.69) is 86.6 Å². The maximum Gasteiger partial charge on any atom is 0.231 e. The van der Waals surface area contributed by atoms with E-state index in [1.54, 1.807) is 0 Å². The average molecular weight is 489 g/mol. The molecule has 0 aliphatic carbocycles. The molecule has 8 nitrogen and oxygen atoms in total. The van der Waals surface area contributed by atoms with E-state index in [0.29, 0.717) is 29.7 Å². The van der Waals surface area contributed by atoms with Crippen molar-refractivity contribution in [2.24, 2.45) is 11.8 Å². The molecule has 0 spiro atoms. The van der Waals surface area contributed by atoms with Crippen molar-refractivity contribution in [1.82, 2.24) is 25.6 Å². The van der Waals surface area contributed by atoms with Crippen LogP contribution in [0.2, 0.25) is 0 Å². The fraction of sp³-hybridized carbons (Fsp3) is 0.889. The molecule has 2 fully saturated rings.